The van der Waals surface area contributed by atoms with Crippen LogP contribution in [0.5, 0.6) is 0 Å². The summed E-state index contributed by atoms with van der Waals surface area (Å²) in [5, 5.41) is 8.95. The van der Waals surface area contributed by atoms with Gasteiger partial charge in [-0.15, -0.1) is 0 Å². The number of nitrogens with zero attached hydrogens (tertiary/aromatic N) is 2. The van der Waals surface area contributed by atoms with Crippen molar-refractivity contribution in [3.63, 3.8) is 0 Å². The summed E-state index contributed by atoms with van der Waals surface area (Å²) in [7, 11) is 2.20. The van der Waals surface area contributed by atoms with E-state index in [0.717, 1.165) is 25.4 Å². The van der Waals surface area contributed by atoms with E-state index in [-0.39, 0.29) is 6.54 Å². The molecule has 0 bridgehead atoms. The lowest BCUT2D eigenvalue weighted by atomic mass is 10.00. The fraction of sp³-hybridized carbons (Fsp3) is 0.929. The van der Waals surface area contributed by atoms with E-state index in [2.05, 4.69) is 16.8 Å². The Morgan fingerprint density at radius 3 is 2.72 bits per heavy atom. The first-order valence-electron chi connectivity index (χ1n) is 7.29. The van der Waals surface area contributed by atoms with Gasteiger partial charge >= 0.3 is 5.97 Å². The monoisotopic (exact) mass is 254 g/mol. The van der Waals surface area contributed by atoms with Crippen LogP contribution >= 0.6 is 0 Å². The zero-order valence-electron chi connectivity index (χ0n) is 11.5. The molecule has 4 nitrogen and oxygen atoms in total. The largest absolute Gasteiger partial charge is 0.480 e. The van der Waals surface area contributed by atoms with Crippen molar-refractivity contribution in [3.8, 4) is 0 Å². The number of piperidine rings is 1. The maximum Gasteiger partial charge on any atom is 0.317 e. The van der Waals surface area contributed by atoms with Crippen LogP contribution < -0.4 is 0 Å². The van der Waals surface area contributed by atoms with Crippen LogP contribution in [0.25, 0.3) is 0 Å². The Morgan fingerprint density at radius 2 is 2.11 bits per heavy atom. The summed E-state index contributed by atoms with van der Waals surface area (Å²) < 4.78 is 0. The third-order valence-corrected chi connectivity index (χ3v) is 4.27. The lowest BCUT2D eigenvalue weighted by Gasteiger charge is -2.34. The molecule has 1 saturated carbocycles. The molecule has 0 aromatic carbocycles. The number of rotatable bonds is 7. The summed E-state index contributed by atoms with van der Waals surface area (Å²) in [6, 6.07) is 0.661. The van der Waals surface area contributed by atoms with E-state index in [1.54, 1.807) is 0 Å². The van der Waals surface area contributed by atoms with Gasteiger partial charge in [0.05, 0.1) is 6.54 Å². The van der Waals surface area contributed by atoms with Crippen molar-refractivity contribution in [2.45, 2.75) is 44.6 Å². The molecule has 0 radical (unpaired) electrons. The minimum Gasteiger partial charge on any atom is -0.480 e. The molecule has 1 unspecified atom stereocenters. The predicted octanol–water partition coefficient (Wildman–Crippen LogP) is 1.66. The van der Waals surface area contributed by atoms with Crippen LogP contribution in [0.1, 0.15) is 38.5 Å². The first-order valence-corrected chi connectivity index (χ1v) is 7.29. The maximum atomic E-state index is 10.9. The predicted molar refractivity (Wildman–Crippen MR) is 71.7 cm³/mol. The van der Waals surface area contributed by atoms with Gasteiger partial charge in [0.15, 0.2) is 0 Å². The van der Waals surface area contributed by atoms with Crippen LogP contribution in [-0.4, -0.2) is 60.1 Å². The second kappa shape index (κ2) is 6.53. The van der Waals surface area contributed by atoms with Gasteiger partial charge in [-0.1, -0.05) is 6.42 Å². The second-order valence-corrected chi connectivity index (χ2v) is 5.99. The molecule has 1 aliphatic heterocycles. The SMILES string of the molecule is CN1CCCCC1CCN(CC(=O)O)CC1CC1. The normalized spacial score (nSPS) is 25.6. The van der Waals surface area contributed by atoms with E-state index < -0.39 is 5.97 Å². The molecule has 2 aliphatic rings. The van der Waals surface area contributed by atoms with E-state index in [4.69, 9.17) is 5.11 Å². The lowest BCUT2D eigenvalue weighted by molar-refractivity contribution is -0.138. The smallest absolute Gasteiger partial charge is 0.317 e. The average Bonchev–Trinajstić information content (AvgIpc) is 3.11. The summed E-state index contributed by atoms with van der Waals surface area (Å²) in [4.78, 5) is 15.5. The molecular formula is C14H26N2O2. The summed E-state index contributed by atoms with van der Waals surface area (Å²) in [6.45, 7) is 3.35. The number of likely N-dealkylation sites (tertiary alicyclic amines) is 1. The molecule has 0 spiro atoms. The molecule has 4 heteroatoms. The Labute approximate surface area is 110 Å². The number of carboxylic acid groups (broad SMARTS) is 1. The molecule has 2 fully saturated rings. The van der Waals surface area contributed by atoms with Crippen molar-refractivity contribution in [1.82, 2.24) is 9.80 Å². The Morgan fingerprint density at radius 1 is 1.33 bits per heavy atom. The Balaban J connectivity index is 1.74. The Bertz CT molecular complexity index is 279. The summed E-state index contributed by atoms with van der Waals surface area (Å²) in [5.74, 6) is 0.0843. The Hall–Kier alpha value is -0.610. The highest BCUT2D eigenvalue weighted by atomic mass is 16.4. The first-order chi connectivity index (χ1) is 8.65. The molecule has 18 heavy (non-hydrogen) atoms. The van der Waals surface area contributed by atoms with Crippen molar-refractivity contribution >= 4 is 5.97 Å². The zero-order valence-corrected chi connectivity index (χ0v) is 11.5. The van der Waals surface area contributed by atoms with Crippen LogP contribution in [0, 0.1) is 5.92 Å². The van der Waals surface area contributed by atoms with Gasteiger partial charge in [-0.05, 0) is 51.6 Å². The van der Waals surface area contributed by atoms with Gasteiger partial charge < -0.3 is 10.0 Å². The third kappa shape index (κ3) is 4.58. The van der Waals surface area contributed by atoms with Crippen LogP contribution in [0.4, 0.5) is 0 Å². The van der Waals surface area contributed by atoms with E-state index in [0.29, 0.717) is 6.04 Å². The summed E-state index contributed by atoms with van der Waals surface area (Å²) in [6.07, 6.45) is 7.63. The standard InChI is InChI=1S/C14H26N2O2/c1-15-8-3-2-4-13(15)7-9-16(11-14(17)18)10-12-5-6-12/h12-13H,2-11H2,1H3,(H,17,18). The molecule has 1 heterocycles. The van der Waals surface area contributed by atoms with Crippen molar-refractivity contribution in [1.29, 1.82) is 0 Å². The summed E-state index contributed by atoms with van der Waals surface area (Å²) in [5.41, 5.74) is 0. The van der Waals surface area contributed by atoms with Crippen molar-refractivity contribution in [3.05, 3.63) is 0 Å². The molecule has 0 amide bonds. The highest BCUT2D eigenvalue weighted by molar-refractivity contribution is 5.69. The number of hydrogen-bond donors (Lipinski definition) is 1. The van der Waals surface area contributed by atoms with Crippen molar-refractivity contribution in [2.75, 3.05) is 33.2 Å². The first kappa shape index (κ1) is 13.8. The highest BCUT2D eigenvalue weighted by Crippen LogP contribution is 2.30. The third-order valence-electron chi connectivity index (χ3n) is 4.27. The van der Waals surface area contributed by atoms with Crippen molar-refractivity contribution in [2.24, 2.45) is 5.92 Å². The molecular weight excluding hydrogens is 228 g/mol. The fourth-order valence-corrected chi connectivity index (χ4v) is 2.93. The topological polar surface area (TPSA) is 43.8 Å². The number of carbonyl (C=O) groups is 1. The van der Waals surface area contributed by atoms with Crippen LogP contribution in [0.2, 0.25) is 0 Å². The fourth-order valence-electron chi connectivity index (χ4n) is 2.93. The van der Waals surface area contributed by atoms with Gasteiger partial charge in [0.25, 0.3) is 0 Å². The van der Waals surface area contributed by atoms with Gasteiger partial charge in [0, 0.05) is 19.1 Å². The lowest BCUT2D eigenvalue weighted by Crippen LogP contribution is -2.40. The number of hydrogen-bond acceptors (Lipinski definition) is 3. The average molecular weight is 254 g/mol. The van der Waals surface area contributed by atoms with Gasteiger partial charge in [-0.2, -0.15) is 0 Å². The van der Waals surface area contributed by atoms with Gasteiger partial charge in [0.2, 0.25) is 0 Å². The molecule has 2 rings (SSSR count). The van der Waals surface area contributed by atoms with E-state index in [1.807, 2.05) is 0 Å². The highest BCUT2D eigenvalue weighted by Gasteiger charge is 2.26. The van der Waals surface area contributed by atoms with E-state index in [1.165, 1.54) is 38.6 Å². The van der Waals surface area contributed by atoms with Crippen LogP contribution in [-0.2, 0) is 4.79 Å². The van der Waals surface area contributed by atoms with Gasteiger partial charge in [0.1, 0.15) is 0 Å². The number of aliphatic carboxylic acids is 1. The minimum absolute atomic E-state index is 0.215. The van der Waals surface area contributed by atoms with Crippen molar-refractivity contribution < 1.29 is 9.90 Å². The minimum atomic E-state index is -0.687. The maximum absolute atomic E-state index is 10.9. The molecule has 1 saturated heterocycles. The molecule has 1 atom stereocenters. The zero-order chi connectivity index (χ0) is 13.0. The van der Waals surface area contributed by atoms with E-state index >= 15 is 0 Å². The number of carboxylic acids is 1. The second-order valence-electron chi connectivity index (χ2n) is 5.99. The molecule has 0 aromatic heterocycles. The molecule has 104 valence electrons. The molecule has 1 aliphatic carbocycles. The van der Waals surface area contributed by atoms with E-state index in [9.17, 15) is 4.79 Å². The van der Waals surface area contributed by atoms with Crippen LogP contribution in [0.15, 0.2) is 0 Å². The van der Waals surface area contributed by atoms with Gasteiger partial charge in [-0.25, -0.2) is 0 Å². The molecule has 0 aromatic rings. The molecule has 1 N–H and O–H groups in total. The summed E-state index contributed by atoms with van der Waals surface area (Å²) >= 11 is 0. The quantitative estimate of drug-likeness (QED) is 0.750. The Kier molecular flexibility index (Phi) is 5.01. The van der Waals surface area contributed by atoms with Crippen LogP contribution in [0.3, 0.4) is 0 Å². The van der Waals surface area contributed by atoms with Gasteiger partial charge in [-0.3, -0.25) is 9.69 Å².